The van der Waals surface area contributed by atoms with Crippen molar-refractivity contribution < 1.29 is 33.8 Å². The Kier molecular flexibility index (Phi) is 9.48. The summed E-state index contributed by atoms with van der Waals surface area (Å²) in [7, 11) is 0. The Morgan fingerprint density at radius 3 is 2.28 bits per heavy atom. The number of Topliss-reactive ketones (excluding diaryl/α,β-unsaturated/α-hetero) is 1. The van der Waals surface area contributed by atoms with Gasteiger partial charge in [0.1, 0.15) is 28.8 Å². The maximum absolute atomic E-state index is 14.5. The summed E-state index contributed by atoms with van der Waals surface area (Å²) in [6.07, 6.45) is 9.79. The molecule has 4 amide bonds. The third-order valence-corrected chi connectivity index (χ3v) is 10.5. The minimum absolute atomic E-state index is 0.0429. The zero-order valence-corrected chi connectivity index (χ0v) is 28.3. The maximum Gasteiger partial charge on any atom is 0.408 e. The lowest BCUT2D eigenvalue weighted by Gasteiger charge is -2.60. The molecule has 1 aliphatic heterocycles. The Morgan fingerprint density at radius 1 is 1.06 bits per heavy atom. The molecule has 5 N–H and O–H groups in total. The van der Waals surface area contributed by atoms with Gasteiger partial charge in [-0.25, -0.2) is 9.48 Å². The van der Waals surface area contributed by atoms with Crippen molar-refractivity contribution in [3.8, 4) is 0 Å². The van der Waals surface area contributed by atoms with Crippen LogP contribution in [0.3, 0.4) is 0 Å². The monoisotopic (exact) mass is 657 g/mol. The molecule has 0 radical (unpaired) electrons. The summed E-state index contributed by atoms with van der Waals surface area (Å²) >= 11 is 0. The molecule has 0 aromatic carbocycles. The number of hydrogen-bond donors (Lipinski definition) is 4. The van der Waals surface area contributed by atoms with Gasteiger partial charge in [0, 0.05) is 13.0 Å². The van der Waals surface area contributed by atoms with Crippen molar-refractivity contribution in [1.82, 2.24) is 30.5 Å². The van der Waals surface area contributed by atoms with E-state index in [1.165, 1.54) is 15.8 Å². The molecule has 5 rings (SSSR count). The first-order valence-corrected chi connectivity index (χ1v) is 17.0. The van der Waals surface area contributed by atoms with Gasteiger partial charge >= 0.3 is 6.09 Å². The van der Waals surface area contributed by atoms with Gasteiger partial charge in [0.15, 0.2) is 0 Å². The van der Waals surface area contributed by atoms with Crippen molar-refractivity contribution in [3.05, 3.63) is 11.9 Å². The molecule has 1 aromatic rings. The lowest BCUT2D eigenvalue weighted by molar-refractivity contribution is -0.156. The second-order valence-electron chi connectivity index (χ2n) is 15.9. The van der Waals surface area contributed by atoms with Crippen LogP contribution in [0.5, 0.6) is 0 Å². The minimum atomic E-state index is -1.42. The van der Waals surface area contributed by atoms with E-state index in [1.807, 2.05) is 0 Å². The number of ether oxygens (including phenoxy) is 1. The molecule has 1 spiro atoms. The van der Waals surface area contributed by atoms with E-state index >= 15 is 0 Å². The number of amides is 4. The first-order valence-electron chi connectivity index (χ1n) is 17.0. The first-order chi connectivity index (χ1) is 21.9. The Hall–Kier alpha value is -3.55. The van der Waals surface area contributed by atoms with Crippen LogP contribution in [0.4, 0.5) is 4.79 Å². The minimum Gasteiger partial charge on any atom is -0.444 e. The summed E-state index contributed by atoms with van der Waals surface area (Å²) in [4.78, 5) is 68.4. The summed E-state index contributed by atoms with van der Waals surface area (Å²) in [5, 5.41) is 24.7. The van der Waals surface area contributed by atoms with Crippen LogP contribution in [0.15, 0.2) is 6.20 Å². The SMILES string of the molecule is CC(C)(C)OC(=O)N[C@H](CC1CCCCC1)C(=O)N1C[C@@H](n2nncc2C(C)(C)O)C[C@H]1C(=O)NC1(C(=O)C(N)=O)CC2(CCC2)C1. The van der Waals surface area contributed by atoms with Crippen molar-refractivity contribution in [1.29, 1.82) is 0 Å². The summed E-state index contributed by atoms with van der Waals surface area (Å²) < 4.78 is 7.05. The number of carbonyl (C=O) groups excluding carboxylic acids is 5. The van der Waals surface area contributed by atoms with Crippen molar-refractivity contribution in [2.45, 2.75) is 147 Å². The van der Waals surface area contributed by atoms with Gasteiger partial charge in [-0.05, 0) is 78.1 Å². The second-order valence-corrected chi connectivity index (χ2v) is 15.9. The fourth-order valence-corrected chi connectivity index (χ4v) is 8.18. The van der Waals surface area contributed by atoms with Gasteiger partial charge in [0.05, 0.1) is 17.9 Å². The highest BCUT2D eigenvalue weighted by molar-refractivity contribution is 6.39. The summed E-state index contributed by atoms with van der Waals surface area (Å²) in [6, 6.07) is -2.57. The van der Waals surface area contributed by atoms with Gasteiger partial charge in [0.25, 0.3) is 5.91 Å². The number of primary amides is 1. The van der Waals surface area contributed by atoms with E-state index in [1.54, 1.807) is 34.6 Å². The largest absolute Gasteiger partial charge is 0.444 e. The standard InChI is InChI=1S/C33H51N7O7/c1-30(2,3)47-29(45)36-22(14-20-10-7-6-8-11-20)28(44)39-17-21(40-24(16-35-38-40)31(4,5)46)15-23(39)27(43)37-33(25(41)26(34)42)18-32(19-33)12-9-13-32/h16,20-23,46H,6-15,17-19H2,1-5H3,(H2,34,42)(H,36,45)(H,37,43)/t21-,22+,23-/m0/s1. The fourth-order valence-electron chi connectivity index (χ4n) is 8.18. The quantitative estimate of drug-likeness (QED) is 0.273. The molecule has 3 aliphatic carbocycles. The Labute approximate surface area is 275 Å². The van der Waals surface area contributed by atoms with Crippen molar-refractivity contribution in [2.75, 3.05) is 6.54 Å². The number of nitrogens with zero attached hydrogens (tertiary/aromatic N) is 4. The predicted molar refractivity (Wildman–Crippen MR) is 169 cm³/mol. The number of aliphatic hydroxyl groups is 1. The zero-order valence-electron chi connectivity index (χ0n) is 28.3. The molecular weight excluding hydrogens is 606 g/mol. The lowest BCUT2D eigenvalue weighted by atomic mass is 9.47. The lowest BCUT2D eigenvalue weighted by Crippen LogP contribution is -2.71. The number of carbonyl (C=O) groups is 5. The highest BCUT2D eigenvalue weighted by Crippen LogP contribution is 2.60. The van der Waals surface area contributed by atoms with Gasteiger partial charge in [-0.1, -0.05) is 43.7 Å². The Balaban J connectivity index is 1.45. The Morgan fingerprint density at radius 2 is 1.72 bits per heavy atom. The average molecular weight is 658 g/mol. The summed E-state index contributed by atoms with van der Waals surface area (Å²) in [6.45, 7) is 8.47. The molecule has 0 bridgehead atoms. The van der Waals surface area contributed by atoms with E-state index < -0.39 is 64.5 Å². The number of hydrogen-bond acceptors (Lipinski definition) is 9. The molecule has 1 saturated heterocycles. The predicted octanol–water partition coefficient (Wildman–Crippen LogP) is 2.38. The van der Waals surface area contributed by atoms with E-state index in [9.17, 15) is 29.1 Å². The van der Waals surface area contributed by atoms with Crippen LogP contribution in [0.25, 0.3) is 0 Å². The molecule has 260 valence electrons. The van der Waals surface area contributed by atoms with Crippen LogP contribution >= 0.6 is 0 Å². The van der Waals surface area contributed by atoms with Crippen LogP contribution in [0.1, 0.15) is 123 Å². The normalized spacial score (nSPS) is 24.5. The van der Waals surface area contributed by atoms with Gasteiger partial charge in [-0.15, -0.1) is 5.10 Å². The number of nitrogens with two attached hydrogens (primary N) is 1. The van der Waals surface area contributed by atoms with Gasteiger partial charge in [0.2, 0.25) is 17.6 Å². The molecule has 2 heterocycles. The highest BCUT2D eigenvalue weighted by Gasteiger charge is 2.63. The Bertz CT molecular complexity index is 1380. The van der Waals surface area contributed by atoms with Crippen LogP contribution < -0.4 is 16.4 Å². The summed E-state index contributed by atoms with van der Waals surface area (Å²) in [5.74, 6) is -2.77. The van der Waals surface area contributed by atoms with E-state index in [4.69, 9.17) is 10.5 Å². The molecule has 47 heavy (non-hydrogen) atoms. The van der Waals surface area contributed by atoms with Crippen molar-refractivity contribution in [3.63, 3.8) is 0 Å². The van der Waals surface area contributed by atoms with Crippen LogP contribution in [0.2, 0.25) is 0 Å². The average Bonchev–Trinajstić information content (AvgIpc) is 3.60. The van der Waals surface area contributed by atoms with E-state index in [0.29, 0.717) is 25.0 Å². The molecule has 14 nitrogen and oxygen atoms in total. The third-order valence-electron chi connectivity index (χ3n) is 10.5. The highest BCUT2D eigenvalue weighted by atomic mass is 16.6. The molecule has 3 saturated carbocycles. The number of alkyl carbamates (subject to hydrolysis) is 1. The smallest absolute Gasteiger partial charge is 0.408 e. The fraction of sp³-hybridized carbons (Fsp3) is 0.788. The number of nitrogens with one attached hydrogen (secondary N) is 2. The van der Waals surface area contributed by atoms with E-state index in [2.05, 4.69) is 20.9 Å². The number of likely N-dealkylation sites (tertiary alicyclic amines) is 1. The number of ketones is 1. The molecular formula is C33H51N7O7. The van der Waals surface area contributed by atoms with E-state index in [0.717, 1.165) is 51.4 Å². The second kappa shape index (κ2) is 12.8. The number of rotatable bonds is 10. The molecule has 1 aromatic heterocycles. The number of aromatic nitrogens is 3. The molecule has 4 aliphatic rings. The molecule has 3 atom stereocenters. The van der Waals surface area contributed by atoms with Gasteiger partial charge in [-0.3, -0.25) is 19.2 Å². The molecule has 4 fully saturated rings. The third kappa shape index (κ3) is 7.47. The topological polar surface area (TPSA) is 199 Å². The van der Waals surface area contributed by atoms with E-state index in [-0.39, 0.29) is 24.3 Å². The molecule has 0 unspecified atom stereocenters. The zero-order chi connectivity index (χ0) is 34.4. The summed E-state index contributed by atoms with van der Waals surface area (Å²) in [5.41, 5.74) is 2.26. The maximum atomic E-state index is 14.5. The first kappa shape index (κ1) is 34.8. The van der Waals surface area contributed by atoms with Gasteiger partial charge < -0.3 is 31.1 Å². The molecule has 14 heteroatoms. The van der Waals surface area contributed by atoms with Crippen LogP contribution in [-0.4, -0.2) is 84.4 Å². The van der Waals surface area contributed by atoms with Gasteiger partial charge in [-0.2, -0.15) is 0 Å². The van der Waals surface area contributed by atoms with Crippen LogP contribution in [-0.2, 0) is 29.5 Å². The van der Waals surface area contributed by atoms with Crippen LogP contribution in [0, 0.1) is 11.3 Å². The van der Waals surface area contributed by atoms with Crippen molar-refractivity contribution >= 4 is 29.6 Å². The van der Waals surface area contributed by atoms with Crippen molar-refractivity contribution in [2.24, 2.45) is 17.1 Å².